The maximum atomic E-state index is 13.4. The molecule has 10 heteroatoms. The fourth-order valence-corrected chi connectivity index (χ4v) is 3.35. The minimum atomic E-state index is -1.04. The van der Waals surface area contributed by atoms with Crippen LogP contribution in [0.3, 0.4) is 0 Å². The lowest BCUT2D eigenvalue weighted by Crippen LogP contribution is -2.33. The van der Waals surface area contributed by atoms with Crippen molar-refractivity contribution in [3.8, 4) is 0 Å². The van der Waals surface area contributed by atoms with Gasteiger partial charge < -0.3 is 19.8 Å². The van der Waals surface area contributed by atoms with E-state index in [2.05, 4.69) is 0 Å². The van der Waals surface area contributed by atoms with Crippen molar-refractivity contribution in [2.45, 2.75) is 6.04 Å². The van der Waals surface area contributed by atoms with Gasteiger partial charge in [0.1, 0.15) is 11.6 Å². The number of ether oxygens (including phenoxy) is 1. The Morgan fingerprint density at radius 2 is 1.87 bits per heavy atom. The molecule has 9 nitrogen and oxygen atoms in total. The van der Waals surface area contributed by atoms with E-state index < -0.39 is 34.2 Å². The van der Waals surface area contributed by atoms with Crippen LogP contribution in [0, 0.1) is 15.9 Å². The van der Waals surface area contributed by atoms with E-state index in [4.69, 9.17) is 9.84 Å². The number of Topliss-reactive ketones (excluding diaryl/α,β-unsaturated/α-hetero) is 1. The molecule has 0 bridgehead atoms. The van der Waals surface area contributed by atoms with Gasteiger partial charge in [-0.05, 0) is 17.7 Å². The van der Waals surface area contributed by atoms with Crippen molar-refractivity contribution in [3.63, 3.8) is 0 Å². The Kier molecular flexibility index (Phi) is 6.73. The Morgan fingerprint density at radius 1 is 1.16 bits per heavy atom. The molecule has 0 aromatic heterocycles. The quantitative estimate of drug-likeness (QED) is 0.164. The molecule has 1 atom stereocenters. The van der Waals surface area contributed by atoms with E-state index in [1.54, 1.807) is 0 Å². The second-order valence-electron chi connectivity index (χ2n) is 6.69. The third-order valence-corrected chi connectivity index (χ3v) is 4.77. The van der Waals surface area contributed by atoms with Gasteiger partial charge in [0.25, 0.3) is 17.4 Å². The number of nitro benzene ring substituents is 1. The van der Waals surface area contributed by atoms with Crippen molar-refractivity contribution < 1.29 is 33.9 Å². The molecule has 3 rings (SSSR count). The van der Waals surface area contributed by atoms with Crippen LogP contribution in [0.15, 0.2) is 54.1 Å². The summed E-state index contributed by atoms with van der Waals surface area (Å²) in [4.78, 5) is 37.1. The lowest BCUT2D eigenvalue weighted by Gasteiger charge is -2.25. The van der Waals surface area contributed by atoms with Crippen LogP contribution in [0.1, 0.15) is 17.2 Å². The smallest absolute Gasteiger partial charge is 0.295 e. The van der Waals surface area contributed by atoms with E-state index in [1.807, 2.05) is 0 Å². The van der Waals surface area contributed by atoms with E-state index in [0.717, 1.165) is 18.2 Å². The molecule has 0 aliphatic carbocycles. The second kappa shape index (κ2) is 9.45. The number of benzene rings is 2. The number of nitro groups is 1. The highest BCUT2D eigenvalue weighted by Crippen LogP contribution is 2.39. The lowest BCUT2D eigenvalue weighted by molar-refractivity contribution is -0.384. The van der Waals surface area contributed by atoms with Crippen LogP contribution in [0.4, 0.5) is 10.1 Å². The van der Waals surface area contributed by atoms with Gasteiger partial charge in [-0.25, -0.2) is 4.39 Å². The summed E-state index contributed by atoms with van der Waals surface area (Å²) in [6.45, 7) is -0.188. The molecule has 1 amide bonds. The molecule has 1 fully saturated rings. The minimum Gasteiger partial charge on any atom is -0.507 e. The van der Waals surface area contributed by atoms with Gasteiger partial charge in [-0.3, -0.25) is 19.7 Å². The Hall–Kier alpha value is -3.63. The minimum absolute atomic E-state index is 0.00385. The third kappa shape index (κ3) is 4.60. The standard InChI is InChI=1S/C21H19FN2O7/c22-15-6-4-13(5-7-15)18-17(19(26)14-2-1-3-16(12-14)24(29)30)20(27)21(28)23(18)8-10-31-11-9-25/h1-7,12,18,25-26H,8-11H2/b19-17+/t18-/m1/s1. The molecule has 0 spiro atoms. The zero-order valence-electron chi connectivity index (χ0n) is 16.2. The van der Waals surface area contributed by atoms with Gasteiger partial charge in [0.15, 0.2) is 0 Å². The molecule has 1 aliphatic heterocycles. The van der Waals surface area contributed by atoms with E-state index in [-0.39, 0.29) is 43.2 Å². The summed E-state index contributed by atoms with van der Waals surface area (Å²) >= 11 is 0. The van der Waals surface area contributed by atoms with Crippen LogP contribution in [0.25, 0.3) is 5.76 Å². The van der Waals surface area contributed by atoms with Crippen molar-refractivity contribution >= 4 is 23.1 Å². The molecule has 1 saturated heterocycles. The first kappa shape index (κ1) is 22.1. The maximum absolute atomic E-state index is 13.4. The summed E-state index contributed by atoms with van der Waals surface area (Å²) in [7, 11) is 0. The van der Waals surface area contributed by atoms with Gasteiger partial charge in [0.2, 0.25) is 0 Å². The molecule has 1 aliphatic rings. The first-order valence-electron chi connectivity index (χ1n) is 9.32. The fraction of sp³-hybridized carbons (Fsp3) is 0.238. The summed E-state index contributed by atoms with van der Waals surface area (Å²) in [5, 5.41) is 30.7. The SMILES string of the molecule is O=C1C(=O)N(CCOCCO)[C@H](c2ccc(F)cc2)/C1=C(\O)c1cccc([N+](=O)[O-])c1. The van der Waals surface area contributed by atoms with Crippen molar-refractivity contribution in [2.24, 2.45) is 0 Å². The highest BCUT2D eigenvalue weighted by molar-refractivity contribution is 6.46. The number of nitrogens with zero attached hydrogens (tertiary/aromatic N) is 2. The molecule has 0 saturated carbocycles. The molecule has 2 N–H and O–H groups in total. The van der Waals surface area contributed by atoms with Crippen molar-refractivity contribution in [1.82, 2.24) is 4.90 Å². The van der Waals surface area contributed by atoms with E-state index in [9.17, 15) is 29.2 Å². The number of likely N-dealkylation sites (tertiary alicyclic amines) is 1. The second-order valence-corrected chi connectivity index (χ2v) is 6.69. The molecule has 162 valence electrons. The molecular weight excluding hydrogens is 411 g/mol. The van der Waals surface area contributed by atoms with Gasteiger partial charge in [-0.2, -0.15) is 0 Å². The number of non-ortho nitro benzene ring substituents is 1. The predicted molar refractivity (Wildman–Crippen MR) is 106 cm³/mol. The number of carbonyl (C=O) groups is 2. The number of halogens is 1. The average molecular weight is 430 g/mol. The summed E-state index contributed by atoms with van der Waals surface area (Å²) in [5.74, 6) is -2.96. The van der Waals surface area contributed by atoms with E-state index in [0.29, 0.717) is 5.56 Å². The van der Waals surface area contributed by atoms with Crippen molar-refractivity contribution in [3.05, 3.63) is 81.2 Å². The first-order chi connectivity index (χ1) is 14.8. The Labute approximate surface area is 176 Å². The monoisotopic (exact) mass is 430 g/mol. The number of carbonyl (C=O) groups excluding carboxylic acids is 2. The van der Waals surface area contributed by atoms with Gasteiger partial charge in [-0.15, -0.1) is 0 Å². The molecule has 0 unspecified atom stereocenters. The topological polar surface area (TPSA) is 130 Å². The molecule has 0 radical (unpaired) electrons. The van der Waals surface area contributed by atoms with Crippen LogP contribution in [0.2, 0.25) is 0 Å². The number of hydrogen-bond acceptors (Lipinski definition) is 7. The maximum Gasteiger partial charge on any atom is 0.295 e. The summed E-state index contributed by atoms with van der Waals surface area (Å²) in [6.07, 6.45) is 0. The van der Waals surface area contributed by atoms with Crippen molar-refractivity contribution in [1.29, 1.82) is 0 Å². The average Bonchev–Trinajstić information content (AvgIpc) is 3.01. The van der Waals surface area contributed by atoms with Gasteiger partial charge in [0, 0.05) is 24.2 Å². The molecule has 2 aromatic rings. The Morgan fingerprint density at radius 3 is 2.52 bits per heavy atom. The molecular formula is C21H19FN2O7. The van der Waals surface area contributed by atoms with Gasteiger partial charge in [0.05, 0.1) is 36.4 Å². The van der Waals surface area contributed by atoms with Crippen LogP contribution in [-0.4, -0.2) is 58.1 Å². The predicted octanol–water partition coefficient (Wildman–Crippen LogP) is 2.16. The lowest BCUT2D eigenvalue weighted by atomic mass is 9.95. The third-order valence-electron chi connectivity index (χ3n) is 4.77. The number of aliphatic hydroxyl groups is 2. The van der Waals surface area contributed by atoms with Crippen LogP contribution < -0.4 is 0 Å². The van der Waals surface area contributed by atoms with Gasteiger partial charge in [-0.1, -0.05) is 24.3 Å². The van der Waals surface area contributed by atoms with E-state index in [1.165, 1.54) is 35.2 Å². The highest BCUT2D eigenvalue weighted by atomic mass is 19.1. The van der Waals surface area contributed by atoms with Crippen molar-refractivity contribution in [2.75, 3.05) is 26.4 Å². The summed E-state index contributed by atoms with van der Waals surface area (Å²) in [5.41, 5.74) is -0.196. The zero-order chi connectivity index (χ0) is 22.5. The number of rotatable bonds is 8. The molecule has 31 heavy (non-hydrogen) atoms. The molecule has 2 aromatic carbocycles. The largest absolute Gasteiger partial charge is 0.507 e. The summed E-state index contributed by atoms with van der Waals surface area (Å²) in [6, 6.07) is 9.08. The Bertz CT molecular complexity index is 1040. The normalized spacial score (nSPS) is 17.9. The number of ketones is 1. The first-order valence-corrected chi connectivity index (χ1v) is 9.32. The van der Waals surface area contributed by atoms with Gasteiger partial charge >= 0.3 is 0 Å². The number of amides is 1. The van der Waals surface area contributed by atoms with E-state index >= 15 is 0 Å². The van der Waals surface area contributed by atoms with Crippen LogP contribution in [-0.2, 0) is 14.3 Å². The van der Waals surface area contributed by atoms with Crippen LogP contribution in [0.5, 0.6) is 0 Å². The van der Waals surface area contributed by atoms with Crippen LogP contribution >= 0.6 is 0 Å². The number of aliphatic hydroxyl groups excluding tert-OH is 2. The zero-order valence-corrected chi connectivity index (χ0v) is 16.2. The Balaban J connectivity index is 2.09. The molecule has 1 heterocycles. The number of hydrogen-bond donors (Lipinski definition) is 2. The fourth-order valence-electron chi connectivity index (χ4n) is 3.35. The highest BCUT2D eigenvalue weighted by Gasteiger charge is 2.46. The summed E-state index contributed by atoms with van der Waals surface area (Å²) < 4.78 is 18.6.